The molecule has 3 nitrogen and oxygen atoms in total. The molecular weight excluding hydrogens is 660 g/mol. The number of aromatic nitrogens is 1. The lowest BCUT2D eigenvalue weighted by molar-refractivity contribution is 0.0948. The molecule has 0 bridgehead atoms. The fourth-order valence-electron chi connectivity index (χ4n) is 7.55. The molecule has 1 aliphatic carbocycles. The molecule has 7 heteroatoms. The molecule has 8 aromatic rings. The molecule has 1 heterocycles. The second-order valence-corrected chi connectivity index (χ2v) is 12.8. The number of fused-ring (bicyclic) bond motifs is 4. The number of carbonyl (C=O) groups excluding carboxylic acids is 1. The van der Waals surface area contributed by atoms with Gasteiger partial charge in [-0.3, -0.25) is 9.78 Å². The van der Waals surface area contributed by atoms with E-state index in [0.717, 1.165) is 27.6 Å². The van der Waals surface area contributed by atoms with Crippen LogP contribution in [-0.2, 0) is 6.54 Å². The van der Waals surface area contributed by atoms with E-state index in [1.807, 2.05) is 42.5 Å². The number of hydrogen-bond acceptors (Lipinski definition) is 2. The maximum atomic E-state index is 15.4. The largest absolute Gasteiger partial charge is 0.347 e. The fraction of sp³-hybridized carbons (Fsp3) is 0.0222. The van der Waals surface area contributed by atoms with Crippen LogP contribution in [0.25, 0.3) is 66.2 Å². The molecule has 0 atom stereocenters. The molecule has 0 radical (unpaired) electrons. The van der Waals surface area contributed by atoms with Crippen LogP contribution < -0.4 is 5.32 Å². The maximum Gasteiger partial charge on any atom is 0.270 e. The first-order valence-electron chi connectivity index (χ1n) is 16.7. The van der Waals surface area contributed by atoms with Gasteiger partial charge in [-0.05, 0) is 132 Å². The van der Waals surface area contributed by atoms with E-state index >= 15 is 4.39 Å². The predicted molar refractivity (Wildman–Crippen MR) is 198 cm³/mol. The Labute approximate surface area is 295 Å². The van der Waals surface area contributed by atoms with E-state index in [2.05, 4.69) is 10.3 Å². The normalized spacial score (nSPS) is 12.1. The summed E-state index contributed by atoms with van der Waals surface area (Å²) in [7, 11) is 0. The summed E-state index contributed by atoms with van der Waals surface area (Å²) in [5.74, 6) is -2.10. The molecule has 9 rings (SSSR count). The number of hydrogen-bond donors (Lipinski definition) is 1. The SMILES string of the molecule is O=C(NCc1ccccc1)c1nccc2c(-c3ccc(F)cc3)c3c4c(c(-c5ccc(F)cc5)c5cc(F)ccc5c4c12)C(c1ccc(F)cc1)=C3. The highest BCUT2D eigenvalue weighted by atomic mass is 19.1. The third kappa shape index (κ3) is 5.12. The number of amides is 1. The van der Waals surface area contributed by atoms with E-state index in [-0.39, 0.29) is 12.2 Å². The third-order valence-corrected chi connectivity index (χ3v) is 9.77. The van der Waals surface area contributed by atoms with Crippen LogP contribution in [0.5, 0.6) is 0 Å². The monoisotopic (exact) mass is 686 g/mol. The van der Waals surface area contributed by atoms with Gasteiger partial charge in [-0.1, -0.05) is 72.8 Å². The van der Waals surface area contributed by atoms with Crippen molar-refractivity contribution >= 4 is 49.9 Å². The van der Waals surface area contributed by atoms with Crippen molar-refractivity contribution in [3.8, 4) is 22.3 Å². The molecule has 1 aliphatic rings. The molecule has 0 unspecified atom stereocenters. The third-order valence-electron chi connectivity index (χ3n) is 9.77. The molecule has 1 aromatic heterocycles. The van der Waals surface area contributed by atoms with Gasteiger partial charge in [0, 0.05) is 23.5 Å². The minimum absolute atomic E-state index is 0.171. The molecule has 52 heavy (non-hydrogen) atoms. The maximum absolute atomic E-state index is 15.4. The lowest BCUT2D eigenvalue weighted by Gasteiger charge is -2.22. The van der Waals surface area contributed by atoms with Gasteiger partial charge in [0.15, 0.2) is 0 Å². The van der Waals surface area contributed by atoms with Crippen LogP contribution in [0.1, 0.15) is 32.7 Å². The summed E-state index contributed by atoms with van der Waals surface area (Å²) in [5.41, 5.74) is 6.76. The fourth-order valence-corrected chi connectivity index (χ4v) is 7.55. The summed E-state index contributed by atoms with van der Waals surface area (Å²) >= 11 is 0. The van der Waals surface area contributed by atoms with Gasteiger partial charge >= 0.3 is 0 Å². The van der Waals surface area contributed by atoms with Gasteiger partial charge < -0.3 is 5.32 Å². The van der Waals surface area contributed by atoms with Crippen molar-refractivity contribution in [3.63, 3.8) is 0 Å². The number of nitrogens with one attached hydrogen (secondary N) is 1. The quantitative estimate of drug-likeness (QED) is 0.140. The minimum atomic E-state index is -0.473. The summed E-state index contributed by atoms with van der Waals surface area (Å²) in [6.07, 6.45) is 3.60. The standard InChI is InChI=1S/C45H26F4N2O/c46-29-12-6-26(7-13-29)35-23-37-38(27-8-14-30(47)15-9-27)34-20-21-50-44(45(52)51-24-25-4-2-1-3-5-25)43(34)40-33-19-18-32(49)22-36(33)39(41(35)42(37)40)28-10-16-31(48)17-11-28/h1-23H,24H2,(H,51,52). The second-order valence-electron chi connectivity index (χ2n) is 12.8. The first-order chi connectivity index (χ1) is 25.4. The minimum Gasteiger partial charge on any atom is -0.347 e. The van der Waals surface area contributed by atoms with Gasteiger partial charge in [-0.15, -0.1) is 0 Å². The zero-order chi connectivity index (χ0) is 35.5. The number of nitrogens with zero attached hydrogens (tertiary/aromatic N) is 1. The van der Waals surface area contributed by atoms with E-state index < -0.39 is 29.2 Å². The Morgan fingerprint density at radius 1 is 0.538 bits per heavy atom. The summed E-state index contributed by atoms with van der Waals surface area (Å²) in [5, 5.41) is 6.91. The van der Waals surface area contributed by atoms with Crippen LogP contribution in [0.4, 0.5) is 17.6 Å². The van der Waals surface area contributed by atoms with Gasteiger partial charge in [0.1, 0.15) is 29.0 Å². The van der Waals surface area contributed by atoms with E-state index in [1.165, 1.54) is 48.5 Å². The van der Waals surface area contributed by atoms with Crippen molar-refractivity contribution in [3.05, 3.63) is 185 Å². The molecule has 0 aliphatic heterocycles. The number of benzene rings is 7. The highest BCUT2D eigenvalue weighted by Gasteiger charge is 2.31. The van der Waals surface area contributed by atoms with Crippen molar-refractivity contribution in [1.29, 1.82) is 0 Å². The predicted octanol–water partition coefficient (Wildman–Crippen LogP) is 11.3. The smallest absolute Gasteiger partial charge is 0.270 e. The van der Waals surface area contributed by atoms with Crippen molar-refractivity contribution in [1.82, 2.24) is 10.3 Å². The Bertz CT molecular complexity index is 2760. The van der Waals surface area contributed by atoms with Gasteiger partial charge in [0.2, 0.25) is 0 Å². The van der Waals surface area contributed by atoms with E-state index in [4.69, 9.17) is 0 Å². The molecule has 1 N–H and O–H groups in total. The van der Waals surface area contributed by atoms with Gasteiger partial charge in [0.05, 0.1) is 0 Å². The van der Waals surface area contributed by atoms with E-state index in [0.29, 0.717) is 54.7 Å². The first-order valence-corrected chi connectivity index (χ1v) is 16.7. The summed E-state index contributed by atoms with van der Waals surface area (Å²) in [6, 6.07) is 34.2. The Hall–Kier alpha value is -6.60. The zero-order valence-electron chi connectivity index (χ0n) is 27.4. The molecule has 250 valence electrons. The first kappa shape index (κ1) is 31.4. The second kappa shape index (κ2) is 12.3. The number of carbonyl (C=O) groups is 1. The van der Waals surface area contributed by atoms with Crippen molar-refractivity contribution in [2.45, 2.75) is 6.54 Å². The van der Waals surface area contributed by atoms with Gasteiger partial charge in [0.25, 0.3) is 5.91 Å². The summed E-state index contributed by atoms with van der Waals surface area (Å²) in [4.78, 5) is 18.9. The summed E-state index contributed by atoms with van der Waals surface area (Å²) < 4.78 is 58.5. The van der Waals surface area contributed by atoms with Gasteiger partial charge in [-0.2, -0.15) is 0 Å². The van der Waals surface area contributed by atoms with Crippen LogP contribution >= 0.6 is 0 Å². The average molecular weight is 687 g/mol. The van der Waals surface area contributed by atoms with E-state index in [9.17, 15) is 18.0 Å². The van der Waals surface area contributed by atoms with Crippen molar-refractivity contribution in [2.75, 3.05) is 0 Å². The highest BCUT2D eigenvalue weighted by molar-refractivity contribution is 6.36. The number of halogens is 4. The summed E-state index contributed by atoms with van der Waals surface area (Å²) in [6.45, 7) is 0.265. The molecule has 0 fully saturated rings. The lowest BCUT2D eigenvalue weighted by atomic mass is 9.82. The topological polar surface area (TPSA) is 42.0 Å². The Morgan fingerprint density at radius 3 is 1.79 bits per heavy atom. The Morgan fingerprint density at radius 2 is 1.13 bits per heavy atom. The van der Waals surface area contributed by atoms with Crippen molar-refractivity contribution in [2.24, 2.45) is 0 Å². The number of rotatable bonds is 6. The van der Waals surface area contributed by atoms with Crippen LogP contribution in [0.3, 0.4) is 0 Å². The van der Waals surface area contributed by atoms with Crippen LogP contribution in [-0.4, -0.2) is 10.9 Å². The highest BCUT2D eigenvalue weighted by Crippen LogP contribution is 2.54. The van der Waals surface area contributed by atoms with Crippen LogP contribution in [0.2, 0.25) is 0 Å². The Balaban J connectivity index is 1.47. The van der Waals surface area contributed by atoms with E-state index in [1.54, 1.807) is 48.7 Å². The average Bonchev–Trinajstić information content (AvgIpc) is 3.55. The Kier molecular flexibility index (Phi) is 7.43. The molecule has 0 spiro atoms. The van der Waals surface area contributed by atoms with Crippen molar-refractivity contribution < 1.29 is 22.4 Å². The molecule has 1 amide bonds. The van der Waals surface area contributed by atoms with Crippen LogP contribution in [0.15, 0.2) is 134 Å². The molecule has 0 saturated heterocycles. The van der Waals surface area contributed by atoms with Crippen LogP contribution in [0, 0.1) is 23.3 Å². The lowest BCUT2D eigenvalue weighted by Crippen LogP contribution is -2.24. The number of pyridine rings is 1. The molecule has 7 aromatic carbocycles. The zero-order valence-corrected chi connectivity index (χ0v) is 27.4. The van der Waals surface area contributed by atoms with Gasteiger partial charge in [-0.25, -0.2) is 17.6 Å². The molecule has 0 saturated carbocycles. The molecular formula is C45H26F4N2O.